The number of hydrogen-bond donors (Lipinski definition) is 0. The summed E-state index contributed by atoms with van der Waals surface area (Å²) in [5, 5.41) is 5.99. The second-order valence-electron chi connectivity index (χ2n) is 6.67. The molecular formula is C21H21N3O5S. The highest BCUT2D eigenvalue weighted by atomic mass is 32.1. The fraction of sp³-hybridized carbons (Fsp3) is 0.286. The Labute approximate surface area is 177 Å². The molecule has 0 N–H and O–H groups in total. The van der Waals surface area contributed by atoms with Gasteiger partial charge in [0.25, 0.3) is 0 Å². The van der Waals surface area contributed by atoms with E-state index >= 15 is 0 Å². The van der Waals surface area contributed by atoms with Crippen LogP contribution in [-0.4, -0.2) is 55.4 Å². The largest absolute Gasteiger partial charge is 0.493 e. The summed E-state index contributed by atoms with van der Waals surface area (Å²) in [7, 11) is 4.65. The molecule has 1 saturated heterocycles. The number of aromatic nitrogens is 2. The third kappa shape index (κ3) is 3.88. The monoisotopic (exact) mass is 427 g/mol. The van der Waals surface area contributed by atoms with Gasteiger partial charge in [-0.3, -0.25) is 4.79 Å². The third-order valence-electron chi connectivity index (χ3n) is 4.83. The van der Waals surface area contributed by atoms with Crippen molar-refractivity contribution in [2.45, 2.75) is 5.92 Å². The number of rotatable bonds is 7. The highest BCUT2D eigenvalue weighted by Gasteiger charge is 2.34. The summed E-state index contributed by atoms with van der Waals surface area (Å²) in [6.07, 6.45) is 3.25. The Balaban J connectivity index is 1.38. The molecular weight excluding hydrogens is 406 g/mol. The van der Waals surface area contributed by atoms with Crippen molar-refractivity contribution in [1.29, 1.82) is 0 Å². The van der Waals surface area contributed by atoms with E-state index < -0.39 is 0 Å². The fourth-order valence-corrected chi connectivity index (χ4v) is 3.84. The van der Waals surface area contributed by atoms with Gasteiger partial charge in [-0.1, -0.05) is 11.2 Å². The Kier molecular flexibility index (Phi) is 5.71. The van der Waals surface area contributed by atoms with Crippen LogP contribution in [0.4, 0.5) is 0 Å². The van der Waals surface area contributed by atoms with Crippen LogP contribution in [0.1, 0.15) is 17.4 Å². The van der Waals surface area contributed by atoms with Crippen molar-refractivity contribution < 1.29 is 23.5 Å². The Morgan fingerprint density at radius 3 is 2.53 bits per heavy atom. The van der Waals surface area contributed by atoms with Crippen molar-refractivity contribution in [3.63, 3.8) is 0 Å². The summed E-state index contributed by atoms with van der Waals surface area (Å²) in [5.41, 5.74) is 0.771. The summed E-state index contributed by atoms with van der Waals surface area (Å²) >= 11 is 1.56. The third-order valence-corrected chi connectivity index (χ3v) is 5.70. The Morgan fingerprint density at radius 1 is 1.20 bits per heavy atom. The number of carbonyl (C=O) groups excluding carboxylic acids is 1. The van der Waals surface area contributed by atoms with Gasteiger partial charge in [0, 0.05) is 19.2 Å². The summed E-state index contributed by atoms with van der Waals surface area (Å²) in [4.78, 5) is 19.6. The predicted octanol–water partition coefficient (Wildman–Crippen LogP) is 3.46. The molecule has 156 valence electrons. The minimum Gasteiger partial charge on any atom is -0.493 e. The van der Waals surface area contributed by atoms with Crippen molar-refractivity contribution in [1.82, 2.24) is 15.0 Å². The molecule has 0 spiro atoms. The van der Waals surface area contributed by atoms with Crippen LogP contribution < -0.4 is 14.2 Å². The molecule has 3 heterocycles. The molecule has 1 aliphatic heterocycles. The zero-order chi connectivity index (χ0) is 21.1. The number of thiophene rings is 1. The molecule has 1 fully saturated rings. The van der Waals surface area contributed by atoms with Crippen molar-refractivity contribution in [3.8, 4) is 28.0 Å². The van der Waals surface area contributed by atoms with E-state index in [0.29, 0.717) is 42.1 Å². The zero-order valence-corrected chi connectivity index (χ0v) is 17.6. The average Bonchev–Trinajstić information content (AvgIpc) is 3.42. The van der Waals surface area contributed by atoms with Crippen molar-refractivity contribution in [2.75, 3.05) is 34.4 Å². The number of likely N-dealkylation sites (tertiary alicyclic amines) is 1. The maximum atomic E-state index is 12.5. The minimum absolute atomic E-state index is 0.0599. The summed E-state index contributed by atoms with van der Waals surface area (Å²) in [6.45, 7) is 1.09. The van der Waals surface area contributed by atoms with Gasteiger partial charge in [0.15, 0.2) is 11.5 Å². The van der Waals surface area contributed by atoms with Gasteiger partial charge in [0.2, 0.25) is 23.4 Å². The molecule has 9 heteroatoms. The molecule has 1 aromatic carbocycles. The van der Waals surface area contributed by atoms with Crippen molar-refractivity contribution >= 4 is 23.3 Å². The molecule has 0 aliphatic carbocycles. The molecule has 0 atom stereocenters. The molecule has 30 heavy (non-hydrogen) atoms. The Bertz CT molecular complexity index is 1030. The molecule has 0 bridgehead atoms. The first-order valence-corrected chi connectivity index (χ1v) is 10.2. The lowest BCUT2D eigenvalue weighted by atomic mass is 10.00. The molecule has 1 amide bonds. The van der Waals surface area contributed by atoms with Crippen LogP contribution in [0.2, 0.25) is 0 Å². The first-order valence-electron chi connectivity index (χ1n) is 9.27. The fourth-order valence-electron chi connectivity index (χ4n) is 3.19. The van der Waals surface area contributed by atoms with Crippen LogP contribution in [0.25, 0.3) is 16.8 Å². The lowest BCUT2D eigenvalue weighted by Gasteiger charge is -2.36. The molecule has 4 rings (SSSR count). The van der Waals surface area contributed by atoms with E-state index in [4.69, 9.17) is 18.7 Å². The van der Waals surface area contributed by atoms with Crippen molar-refractivity contribution in [2.24, 2.45) is 0 Å². The summed E-state index contributed by atoms with van der Waals surface area (Å²) in [5.74, 6) is 2.71. The second kappa shape index (κ2) is 8.58. The molecule has 0 saturated carbocycles. The molecule has 1 aliphatic rings. The van der Waals surface area contributed by atoms with E-state index in [9.17, 15) is 4.79 Å². The highest BCUT2D eigenvalue weighted by Crippen LogP contribution is 2.38. The second-order valence-corrected chi connectivity index (χ2v) is 7.61. The van der Waals surface area contributed by atoms with Gasteiger partial charge in [0.1, 0.15) is 0 Å². The smallest absolute Gasteiger partial charge is 0.246 e. The number of nitrogens with zero attached hydrogens (tertiary/aromatic N) is 3. The van der Waals surface area contributed by atoms with Gasteiger partial charge < -0.3 is 23.6 Å². The molecule has 2 aromatic heterocycles. The topological polar surface area (TPSA) is 86.9 Å². The van der Waals surface area contributed by atoms with Gasteiger partial charge in [0.05, 0.1) is 32.1 Å². The molecule has 0 unspecified atom stereocenters. The SMILES string of the molecule is COc1cc(/C=C/C(=O)N2CC(c3nc(-c4cccs4)no3)C2)cc(OC)c1OC. The molecule has 3 aromatic rings. The van der Waals surface area contributed by atoms with Crippen LogP contribution >= 0.6 is 11.3 Å². The minimum atomic E-state index is -0.0852. The number of carbonyl (C=O) groups is 1. The zero-order valence-electron chi connectivity index (χ0n) is 16.8. The number of methoxy groups -OCH3 is 3. The number of amides is 1. The first-order chi connectivity index (χ1) is 14.6. The summed E-state index contributed by atoms with van der Waals surface area (Å²) in [6, 6.07) is 7.47. The standard InChI is InChI=1S/C21H21N3O5S/c1-26-15-9-13(10-16(27-2)19(15)28-3)6-7-18(25)24-11-14(12-24)21-22-20(23-29-21)17-5-4-8-30-17/h4-10,14H,11-12H2,1-3H3/b7-6+. The van der Waals surface area contributed by atoms with E-state index in [1.54, 1.807) is 55.8 Å². The van der Waals surface area contributed by atoms with E-state index in [-0.39, 0.29) is 11.8 Å². The average molecular weight is 427 g/mol. The maximum Gasteiger partial charge on any atom is 0.246 e. The molecule has 0 radical (unpaired) electrons. The predicted molar refractivity (Wildman–Crippen MR) is 112 cm³/mol. The van der Waals surface area contributed by atoms with E-state index in [2.05, 4.69) is 10.1 Å². The number of benzene rings is 1. The van der Waals surface area contributed by atoms with E-state index in [0.717, 1.165) is 10.4 Å². The van der Waals surface area contributed by atoms with E-state index in [1.165, 1.54) is 6.08 Å². The van der Waals surface area contributed by atoms with Crippen LogP contribution in [0.5, 0.6) is 17.2 Å². The van der Waals surface area contributed by atoms with Crippen molar-refractivity contribution in [3.05, 3.63) is 47.2 Å². The highest BCUT2D eigenvalue weighted by molar-refractivity contribution is 7.13. The lowest BCUT2D eigenvalue weighted by molar-refractivity contribution is -0.130. The Morgan fingerprint density at radius 2 is 1.93 bits per heavy atom. The van der Waals surface area contributed by atoms with Gasteiger partial charge in [-0.25, -0.2) is 0 Å². The van der Waals surface area contributed by atoms with Crippen LogP contribution in [0, 0.1) is 0 Å². The van der Waals surface area contributed by atoms with Gasteiger partial charge in [-0.15, -0.1) is 11.3 Å². The summed E-state index contributed by atoms with van der Waals surface area (Å²) < 4.78 is 21.4. The Hall–Kier alpha value is -3.33. The number of hydrogen-bond acceptors (Lipinski definition) is 8. The van der Waals surface area contributed by atoms with Crippen LogP contribution in [0.3, 0.4) is 0 Å². The lowest BCUT2D eigenvalue weighted by Crippen LogP contribution is -2.47. The van der Waals surface area contributed by atoms with Gasteiger partial charge in [-0.05, 0) is 35.2 Å². The quantitative estimate of drug-likeness (QED) is 0.534. The first kappa shape index (κ1) is 20.0. The van der Waals surface area contributed by atoms with E-state index in [1.807, 2.05) is 17.5 Å². The van der Waals surface area contributed by atoms with Gasteiger partial charge >= 0.3 is 0 Å². The molecule has 8 nitrogen and oxygen atoms in total. The normalized spacial score (nSPS) is 14.0. The van der Waals surface area contributed by atoms with Crippen LogP contribution in [-0.2, 0) is 4.79 Å². The van der Waals surface area contributed by atoms with Gasteiger partial charge in [-0.2, -0.15) is 4.98 Å². The number of ether oxygens (including phenoxy) is 3. The maximum absolute atomic E-state index is 12.5. The van der Waals surface area contributed by atoms with Crippen LogP contribution in [0.15, 0.2) is 40.2 Å².